The Kier molecular flexibility index (Phi) is 3.73. The minimum Gasteiger partial charge on any atom is -0.221 e. The van der Waals surface area contributed by atoms with Gasteiger partial charge in [0.1, 0.15) is 0 Å². The number of nitrogens with zero attached hydrogens (tertiary/aromatic N) is 2. The number of aryl methyl sites for hydroxylation is 1. The monoisotopic (exact) mass is 279 g/mol. The van der Waals surface area contributed by atoms with E-state index in [0.29, 0.717) is 0 Å². The minimum atomic E-state index is -3.56. The molecule has 0 saturated carbocycles. The molecule has 0 spiro atoms. The lowest BCUT2D eigenvalue weighted by atomic mass is 10.2. The summed E-state index contributed by atoms with van der Waals surface area (Å²) in [6, 6.07) is 8.88. The van der Waals surface area contributed by atoms with Crippen LogP contribution in [0, 0.1) is 6.92 Å². The van der Waals surface area contributed by atoms with Gasteiger partial charge in [0, 0.05) is 6.04 Å². The maximum absolute atomic E-state index is 12.2. The van der Waals surface area contributed by atoms with E-state index in [0.717, 1.165) is 11.3 Å². The summed E-state index contributed by atoms with van der Waals surface area (Å²) in [6.45, 7) is 5.52. The molecule has 0 aliphatic carbocycles. The summed E-state index contributed by atoms with van der Waals surface area (Å²) in [5.74, 6) is 0. The first-order valence-corrected chi connectivity index (χ1v) is 7.52. The molecular weight excluding hydrogens is 262 g/mol. The fourth-order valence-electron chi connectivity index (χ4n) is 1.82. The van der Waals surface area contributed by atoms with Gasteiger partial charge in [-0.25, -0.2) is 17.8 Å². The zero-order chi connectivity index (χ0) is 14.0. The predicted octanol–water partition coefficient (Wildman–Crippen LogP) is 1.87. The molecule has 2 rings (SSSR count). The highest BCUT2D eigenvalue weighted by Crippen LogP contribution is 2.16. The van der Waals surface area contributed by atoms with E-state index in [1.165, 1.54) is 16.9 Å². The standard InChI is InChI=1S/C13H17N3O2S/c1-10(2)15-19(17,18)13-7-8-14-16(13)12-6-4-5-11(3)9-12/h4-10,15H,1-3H3. The third-order valence-electron chi connectivity index (χ3n) is 2.52. The van der Waals surface area contributed by atoms with Crippen LogP contribution in [0.3, 0.4) is 0 Å². The first-order valence-electron chi connectivity index (χ1n) is 6.03. The summed E-state index contributed by atoms with van der Waals surface area (Å²) in [5, 5.41) is 4.24. The molecule has 1 N–H and O–H groups in total. The van der Waals surface area contributed by atoms with Gasteiger partial charge in [-0.2, -0.15) is 5.10 Å². The fraction of sp³-hybridized carbons (Fsp3) is 0.308. The smallest absolute Gasteiger partial charge is 0.221 e. The van der Waals surface area contributed by atoms with Crippen LogP contribution in [0.25, 0.3) is 5.69 Å². The normalized spacial score (nSPS) is 12.0. The number of benzene rings is 1. The highest BCUT2D eigenvalue weighted by molar-refractivity contribution is 7.89. The van der Waals surface area contributed by atoms with E-state index in [2.05, 4.69) is 9.82 Å². The van der Waals surface area contributed by atoms with Crippen molar-refractivity contribution < 1.29 is 8.42 Å². The van der Waals surface area contributed by atoms with Crippen LogP contribution < -0.4 is 4.72 Å². The van der Waals surface area contributed by atoms with Gasteiger partial charge in [0.15, 0.2) is 5.03 Å². The average Bonchev–Trinajstić information content (AvgIpc) is 2.76. The van der Waals surface area contributed by atoms with Gasteiger partial charge in [-0.3, -0.25) is 0 Å². The maximum Gasteiger partial charge on any atom is 0.258 e. The van der Waals surface area contributed by atoms with Crippen LogP contribution in [0.2, 0.25) is 0 Å². The average molecular weight is 279 g/mol. The largest absolute Gasteiger partial charge is 0.258 e. The van der Waals surface area contributed by atoms with E-state index in [1.54, 1.807) is 13.8 Å². The van der Waals surface area contributed by atoms with Crippen molar-refractivity contribution >= 4 is 10.0 Å². The van der Waals surface area contributed by atoms with Gasteiger partial charge in [-0.05, 0) is 44.5 Å². The van der Waals surface area contributed by atoms with Crippen molar-refractivity contribution in [1.29, 1.82) is 0 Å². The second-order valence-corrected chi connectivity index (χ2v) is 6.36. The number of hydrogen-bond donors (Lipinski definition) is 1. The Morgan fingerprint density at radius 1 is 1.26 bits per heavy atom. The second kappa shape index (κ2) is 5.14. The molecule has 1 aromatic carbocycles. The molecular formula is C13H17N3O2S. The Bertz CT molecular complexity index is 675. The highest BCUT2D eigenvalue weighted by atomic mass is 32.2. The van der Waals surface area contributed by atoms with Crippen LogP contribution in [0.15, 0.2) is 41.6 Å². The Morgan fingerprint density at radius 3 is 2.63 bits per heavy atom. The first kappa shape index (κ1) is 13.8. The van der Waals surface area contributed by atoms with Crippen LogP contribution in [0.1, 0.15) is 19.4 Å². The summed E-state index contributed by atoms with van der Waals surface area (Å²) >= 11 is 0. The van der Waals surface area contributed by atoms with E-state index in [1.807, 2.05) is 31.2 Å². The van der Waals surface area contributed by atoms with Crippen LogP contribution in [-0.2, 0) is 10.0 Å². The molecule has 2 aromatic rings. The van der Waals surface area contributed by atoms with Crippen molar-refractivity contribution in [3.8, 4) is 5.69 Å². The van der Waals surface area contributed by atoms with Crippen molar-refractivity contribution in [2.75, 3.05) is 0 Å². The Hall–Kier alpha value is -1.66. The van der Waals surface area contributed by atoms with Crippen molar-refractivity contribution in [2.24, 2.45) is 0 Å². The molecule has 0 aliphatic heterocycles. The van der Waals surface area contributed by atoms with Crippen LogP contribution in [0.5, 0.6) is 0 Å². The topological polar surface area (TPSA) is 64.0 Å². The van der Waals surface area contributed by atoms with Gasteiger partial charge in [0.2, 0.25) is 0 Å². The van der Waals surface area contributed by atoms with Gasteiger partial charge in [-0.15, -0.1) is 0 Å². The SMILES string of the molecule is Cc1cccc(-n2nccc2S(=O)(=O)NC(C)C)c1. The number of hydrogen-bond acceptors (Lipinski definition) is 3. The highest BCUT2D eigenvalue weighted by Gasteiger charge is 2.21. The molecule has 1 aromatic heterocycles. The van der Waals surface area contributed by atoms with Crippen LogP contribution >= 0.6 is 0 Å². The molecule has 0 saturated heterocycles. The lowest BCUT2D eigenvalue weighted by molar-refractivity contribution is 0.560. The van der Waals surface area contributed by atoms with E-state index < -0.39 is 10.0 Å². The molecule has 0 radical (unpaired) electrons. The number of rotatable bonds is 4. The maximum atomic E-state index is 12.2. The molecule has 0 fully saturated rings. The molecule has 102 valence electrons. The second-order valence-electron chi connectivity index (χ2n) is 4.70. The quantitative estimate of drug-likeness (QED) is 0.929. The number of sulfonamides is 1. The molecule has 1 heterocycles. The third-order valence-corrected chi connectivity index (χ3v) is 4.16. The summed E-state index contributed by atoms with van der Waals surface area (Å²) in [5.41, 5.74) is 1.78. The Morgan fingerprint density at radius 2 is 2.00 bits per heavy atom. The molecule has 0 atom stereocenters. The van der Waals surface area contributed by atoms with Crippen molar-refractivity contribution in [1.82, 2.24) is 14.5 Å². The van der Waals surface area contributed by atoms with Gasteiger partial charge in [-0.1, -0.05) is 12.1 Å². The van der Waals surface area contributed by atoms with Crippen molar-refractivity contribution in [3.05, 3.63) is 42.1 Å². The zero-order valence-corrected chi connectivity index (χ0v) is 12.0. The number of nitrogens with one attached hydrogen (secondary N) is 1. The molecule has 5 nitrogen and oxygen atoms in total. The molecule has 0 unspecified atom stereocenters. The zero-order valence-electron chi connectivity index (χ0n) is 11.2. The minimum absolute atomic E-state index is 0.145. The van der Waals surface area contributed by atoms with E-state index in [4.69, 9.17) is 0 Å². The van der Waals surface area contributed by atoms with E-state index in [-0.39, 0.29) is 11.1 Å². The summed E-state index contributed by atoms with van der Waals surface area (Å²) in [4.78, 5) is 0. The third kappa shape index (κ3) is 3.02. The predicted molar refractivity (Wildman–Crippen MR) is 73.8 cm³/mol. The summed E-state index contributed by atoms with van der Waals surface area (Å²) in [6.07, 6.45) is 1.48. The first-order chi connectivity index (χ1) is 8.90. The van der Waals surface area contributed by atoms with Crippen LogP contribution in [-0.4, -0.2) is 24.2 Å². The molecule has 6 heteroatoms. The van der Waals surface area contributed by atoms with Gasteiger partial charge < -0.3 is 0 Å². The van der Waals surface area contributed by atoms with Crippen molar-refractivity contribution in [2.45, 2.75) is 31.8 Å². The van der Waals surface area contributed by atoms with Crippen LogP contribution in [0.4, 0.5) is 0 Å². The summed E-state index contributed by atoms with van der Waals surface area (Å²) in [7, 11) is -3.56. The lowest BCUT2D eigenvalue weighted by Gasteiger charge is -2.11. The molecule has 19 heavy (non-hydrogen) atoms. The van der Waals surface area contributed by atoms with Gasteiger partial charge in [0.25, 0.3) is 10.0 Å². The Labute approximate surface area is 113 Å². The molecule has 0 bridgehead atoms. The Balaban J connectivity index is 2.49. The molecule has 0 amide bonds. The van der Waals surface area contributed by atoms with E-state index in [9.17, 15) is 8.42 Å². The van der Waals surface area contributed by atoms with Gasteiger partial charge >= 0.3 is 0 Å². The van der Waals surface area contributed by atoms with E-state index >= 15 is 0 Å². The summed E-state index contributed by atoms with van der Waals surface area (Å²) < 4.78 is 28.4. The lowest BCUT2D eigenvalue weighted by Crippen LogP contribution is -2.31. The number of aromatic nitrogens is 2. The van der Waals surface area contributed by atoms with Gasteiger partial charge in [0.05, 0.1) is 11.9 Å². The fourth-order valence-corrected chi connectivity index (χ4v) is 3.18. The molecule has 0 aliphatic rings. The van der Waals surface area contributed by atoms with Crippen molar-refractivity contribution in [3.63, 3.8) is 0 Å².